The van der Waals surface area contributed by atoms with Gasteiger partial charge in [0, 0.05) is 6.54 Å². The molecule has 1 aromatic heterocycles. The molecule has 12 heavy (non-hydrogen) atoms. The molecule has 0 atom stereocenters. The fourth-order valence-corrected chi connectivity index (χ4v) is 1.28. The van der Waals surface area contributed by atoms with E-state index in [2.05, 4.69) is 36.3 Å². The molecular formula is C10H8N2. The van der Waals surface area contributed by atoms with Crippen molar-refractivity contribution in [1.29, 1.82) is 0 Å². The molecule has 58 valence electrons. The summed E-state index contributed by atoms with van der Waals surface area (Å²) in [6, 6.07) is 11.4. The van der Waals surface area contributed by atoms with Crippen molar-refractivity contribution in [3.8, 4) is 0 Å². The lowest BCUT2D eigenvalue weighted by Gasteiger charge is -1.95. The summed E-state index contributed by atoms with van der Waals surface area (Å²) in [5.74, 6) is 0. The van der Waals surface area contributed by atoms with E-state index < -0.39 is 0 Å². The van der Waals surface area contributed by atoms with Crippen LogP contribution in [0.15, 0.2) is 0 Å². The van der Waals surface area contributed by atoms with Crippen LogP contribution in [-0.2, 0) is 6.54 Å². The molecule has 1 heterocycles. The minimum absolute atomic E-state index is 0.827. The van der Waals surface area contributed by atoms with E-state index in [4.69, 9.17) is 0 Å². The highest BCUT2D eigenvalue weighted by Gasteiger charge is 2.03. The highest BCUT2D eigenvalue weighted by molar-refractivity contribution is 5.77. The molecule has 2 aromatic rings. The Hall–Kier alpha value is -1.67. The van der Waals surface area contributed by atoms with Crippen molar-refractivity contribution in [1.82, 2.24) is 9.78 Å². The average Bonchev–Trinajstić information content (AvgIpc) is 2.44. The van der Waals surface area contributed by atoms with Gasteiger partial charge >= 0.3 is 0 Å². The summed E-state index contributed by atoms with van der Waals surface area (Å²) in [5, 5.41) is 5.31. The number of hydrogen-bond donors (Lipinski definition) is 0. The summed E-state index contributed by atoms with van der Waals surface area (Å²) in [6.07, 6.45) is 0. The first-order valence-corrected chi connectivity index (χ1v) is 3.92. The van der Waals surface area contributed by atoms with Crippen LogP contribution in [0.2, 0.25) is 0 Å². The van der Waals surface area contributed by atoms with E-state index in [1.165, 1.54) is 0 Å². The van der Waals surface area contributed by atoms with Gasteiger partial charge in [-0.15, -0.1) is 0 Å². The van der Waals surface area contributed by atoms with Crippen molar-refractivity contribution in [2.45, 2.75) is 20.4 Å². The van der Waals surface area contributed by atoms with Gasteiger partial charge in [-0.2, -0.15) is 5.10 Å². The summed E-state index contributed by atoms with van der Waals surface area (Å²) in [6.45, 7) is 4.96. The molecule has 0 fully saturated rings. The average molecular weight is 156 g/mol. The maximum absolute atomic E-state index is 4.31. The molecule has 0 N–H and O–H groups in total. The SMILES string of the molecule is CCn1nc2c#cc#cc2c1C. The van der Waals surface area contributed by atoms with Crippen LogP contribution < -0.4 is 0 Å². The molecule has 0 aliphatic carbocycles. The van der Waals surface area contributed by atoms with Crippen LogP contribution in [0.25, 0.3) is 10.9 Å². The fraction of sp³-hybridized carbons (Fsp3) is 0.300. The van der Waals surface area contributed by atoms with Gasteiger partial charge in [-0.05, 0) is 38.1 Å². The van der Waals surface area contributed by atoms with Crippen molar-refractivity contribution in [3.05, 3.63) is 30.0 Å². The van der Waals surface area contributed by atoms with Gasteiger partial charge < -0.3 is 0 Å². The predicted octanol–water partition coefficient (Wildman–Crippen LogP) is 1.57. The Labute approximate surface area is 71.8 Å². The second kappa shape index (κ2) is 2.43. The highest BCUT2D eigenvalue weighted by atomic mass is 15.3. The molecule has 0 aliphatic heterocycles. The predicted molar refractivity (Wildman–Crippen MR) is 45.5 cm³/mol. The molecule has 0 radical (unpaired) electrons. The molecule has 0 unspecified atom stereocenters. The maximum atomic E-state index is 4.31. The van der Waals surface area contributed by atoms with Gasteiger partial charge in [0.1, 0.15) is 0 Å². The first kappa shape index (κ1) is 7.00. The molecule has 0 amide bonds. The van der Waals surface area contributed by atoms with E-state index in [1.807, 2.05) is 11.6 Å². The van der Waals surface area contributed by atoms with E-state index >= 15 is 0 Å². The smallest absolute Gasteiger partial charge is 0.152 e. The van der Waals surface area contributed by atoms with Gasteiger partial charge in [-0.25, -0.2) is 0 Å². The van der Waals surface area contributed by atoms with Crippen LogP contribution in [0.3, 0.4) is 0 Å². The van der Waals surface area contributed by atoms with Gasteiger partial charge in [0.25, 0.3) is 0 Å². The van der Waals surface area contributed by atoms with Crippen LogP contribution in [-0.4, -0.2) is 9.78 Å². The molecule has 1 aromatic carbocycles. The van der Waals surface area contributed by atoms with E-state index in [9.17, 15) is 0 Å². The second-order valence-electron chi connectivity index (χ2n) is 2.62. The lowest BCUT2D eigenvalue weighted by Crippen LogP contribution is -1.97. The third kappa shape index (κ3) is 0.822. The topological polar surface area (TPSA) is 17.8 Å². The Balaban J connectivity index is 2.78. The van der Waals surface area contributed by atoms with Crippen molar-refractivity contribution in [3.63, 3.8) is 0 Å². The van der Waals surface area contributed by atoms with E-state index in [0.717, 1.165) is 23.1 Å². The van der Waals surface area contributed by atoms with Crippen LogP contribution in [0.4, 0.5) is 0 Å². The van der Waals surface area contributed by atoms with Crippen LogP contribution in [0.1, 0.15) is 12.6 Å². The zero-order valence-corrected chi connectivity index (χ0v) is 7.10. The van der Waals surface area contributed by atoms with Gasteiger partial charge in [0.15, 0.2) is 5.52 Å². The quantitative estimate of drug-likeness (QED) is 0.612. The van der Waals surface area contributed by atoms with E-state index in [0.29, 0.717) is 0 Å². The molecular weight excluding hydrogens is 148 g/mol. The molecule has 2 nitrogen and oxygen atoms in total. The zero-order valence-electron chi connectivity index (χ0n) is 7.10. The number of nitrogens with zero attached hydrogens (tertiary/aromatic N) is 2. The summed E-state index contributed by atoms with van der Waals surface area (Å²) in [7, 11) is 0. The molecule has 2 heteroatoms. The van der Waals surface area contributed by atoms with Gasteiger partial charge in [0.05, 0.1) is 11.1 Å². The molecule has 0 aliphatic rings. The Morgan fingerprint density at radius 3 is 2.75 bits per heavy atom. The number of aryl methyl sites for hydroxylation is 2. The third-order valence-electron chi connectivity index (χ3n) is 1.94. The molecule has 0 spiro atoms. The Bertz CT molecular complexity index is 401. The Morgan fingerprint density at radius 1 is 1.33 bits per heavy atom. The molecule has 2 rings (SSSR count). The molecule has 0 saturated heterocycles. The summed E-state index contributed by atoms with van der Waals surface area (Å²) >= 11 is 0. The van der Waals surface area contributed by atoms with Crippen molar-refractivity contribution in [2.24, 2.45) is 0 Å². The maximum Gasteiger partial charge on any atom is 0.152 e. The van der Waals surface area contributed by atoms with Crippen LogP contribution in [0.5, 0.6) is 0 Å². The number of fused-ring (bicyclic) bond motifs is 1. The van der Waals surface area contributed by atoms with Gasteiger partial charge in [-0.1, -0.05) is 0 Å². The van der Waals surface area contributed by atoms with E-state index in [1.54, 1.807) is 0 Å². The van der Waals surface area contributed by atoms with Crippen molar-refractivity contribution < 1.29 is 0 Å². The van der Waals surface area contributed by atoms with Crippen molar-refractivity contribution in [2.75, 3.05) is 0 Å². The normalized spacial score (nSPS) is 9.50. The number of aromatic nitrogens is 2. The minimum atomic E-state index is 0.827. The largest absolute Gasteiger partial charge is 0.268 e. The summed E-state index contributed by atoms with van der Waals surface area (Å²) in [4.78, 5) is 0. The van der Waals surface area contributed by atoms with Crippen molar-refractivity contribution >= 4 is 10.9 Å². The summed E-state index contributed by atoms with van der Waals surface area (Å²) < 4.78 is 1.93. The molecule has 0 bridgehead atoms. The third-order valence-corrected chi connectivity index (χ3v) is 1.94. The Morgan fingerprint density at radius 2 is 2.08 bits per heavy atom. The minimum Gasteiger partial charge on any atom is -0.268 e. The monoisotopic (exact) mass is 156 g/mol. The number of hydrogen-bond acceptors (Lipinski definition) is 1. The zero-order chi connectivity index (χ0) is 8.55. The standard InChI is InChI=1S/C10H8N2/c1-3-12-8(2)9-6-4-5-7-10(9)11-12/h3H2,1-2H3. The first-order chi connectivity index (χ1) is 5.83. The first-order valence-electron chi connectivity index (χ1n) is 3.92. The Kier molecular flexibility index (Phi) is 1.42. The second-order valence-corrected chi connectivity index (χ2v) is 2.62. The van der Waals surface area contributed by atoms with Crippen LogP contribution >= 0.6 is 0 Å². The lowest BCUT2D eigenvalue weighted by atomic mass is 10.3. The lowest BCUT2D eigenvalue weighted by molar-refractivity contribution is 0.647. The molecule has 0 saturated carbocycles. The summed E-state index contributed by atoms with van der Waals surface area (Å²) in [5.41, 5.74) is 1.95. The number of rotatable bonds is 1. The highest BCUT2D eigenvalue weighted by Crippen LogP contribution is 2.11. The van der Waals surface area contributed by atoms with Gasteiger partial charge in [-0.3, -0.25) is 4.68 Å². The van der Waals surface area contributed by atoms with E-state index in [-0.39, 0.29) is 0 Å². The fourth-order valence-electron chi connectivity index (χ4n) is 1.28. The van der Waals surface area contributed by atoms with Gasteiger partial charge in [0.2, 0.25) is 0 Å². The van der Waals surface area contributed by atoms with Crippen LogP contribution in [0, 0.1) is 31.2 Å².